The van der Waals surface area contributed by atoms with E-state index >= 15 is 0 Å². The van der Waals surface area contributed by atoms with Crippen molar-refractivity contribution >= 4 is 10.4 Å². The minimum Gasteiger partial charge on any atom is -0.726 e. The summed E-state index contributed by atoms with van der Waals surface area (Å²) in [6.07, 6.45) is 23.9. The summed E-state index contributed by atoms with van der Waals surface area (Å²) < 4.78 is 36.5. The normalized spacial score (nSPS) is 13.0. The zero-order valence-corrected chi connectivity index (χ0v) is 21.6. The Morgan fingerprint density at radius 2 is 1.25 bits per heavy atom. The van der Waals surface area contributed by atoms with Gasteiger partial charge in [-0.3, -0.25) is 4.18 Å². The number of rotatable bonds is 20. The molecule has 0 heterocycles. The van der Waals surface area contributed by atoms with Gasteiger partial charge in [0.25, 0.3) is 0 Å². The van der Waals surface area contributed by atoms with Gasteiger partial charge < -0.3 is 4.55 Å². The van der Waals surface area contributed by atoms with Crippen LogP contribution < -0.4 is 29.6 Å². The van der Waals surface area contributed by atoms with Crippen LogP contribution in [0.1, 0.15) is 117 Å². The molecule has 4 nitrogen and oxygen atoms in total. The quantitative estimate of drug-likeness (QED) is 0.0973. The van der Waals surface area contributed by atoms with Crippen LogP contribution in [-0.2, 0) is 14.6 Å². The molecule has 6 heteroatoms. The first-order chi connectivity index (χ1) is 13.0. The van der Waals surface area contributed by atoms with Crippen molar-refractivity contribution in [1.82, 2.24) is 0 Å². The molecule has 0 spiro atoms. The number of hydrogen-bond acceptors (Lipinski definition) is 4. The second kappa shape index (κ2) is 22.3. The van der Waals surface area contributed by atoms with Crippen LogP contribution in [0.4, 0.5) is 0 Å². The Hall–Kier alpha value is 0.610. The molecule has 0 bridgehead atoms. The van der Waals surface area contributed by atoms with E-state index < -0.39 is 10.4 Å². The molecular formula is C22H43NaO4S. The molecule has 1 unspecified atom stereocenters. The van der Waals surface area contributed by atoms with E-state index in [2.05, 4.69) is 24.1 Å². The fourth-order valence-electron chi connectivity index (χ4n) is 3.28. The first kappa shape index (κ1) is 30.8. The Kier molecular flexibility index (Phi) is 24.5. The monoisotopic (exact) mass is 426 g/mol. The molecule has 0 amide bonds. The van der Waals surface area contributed by atoms with Gasteiger partial charge in [-0.15, -0.1) is 0 Å². The molecule has 0 aliphatic carbocycles. The molecule has 0 fully saturated rings. The van der Waals surface area contributed by atoms with Gasteiger partial charge in [0.15, 0.2) is 0 Å². The van der Waals surface area contributed by atoms with Gasteiger partial charge >= 0.3 is 29.6 Å². The molecule has 0 aliphatic heterocycles. The van der Waals surface area contributed by atoms with Gasteiger partial charge in [-0.2, -0.15) is 0 Å². The van der Waals surface area contributed by atoms with Crippen LogP contribution in [-0.4, -0.2) is 19.6 Å². The average molecular weight is 427 g/mol. The van der Waals surface area contributed by atoms with Gasteiger partial charge in [-0.25, -0.2) is 8.42 Å². The predicted molar refractivity (Wildman–Crippen MR) is 113 cm³/mol. The summed E-state index contributed by atoms with van der Waals surface area (Å²) in [4.78, 5) is 0. The number of unbranched alkanes of at least 4 members (excludes halogenated alkanes) is 13. The first-order valence-corrected chi connectivity index (χ1v) is 12.6. The average Bonchev–Trinajstić information content (AvgIpc) is 2.62. The van der Waals surface area contributed by atoms with E-state index in [0.717, 1.165) is 25.7 Å². The van der Waals surface area contributed by atoms with Gasteiger partial charge in [0.2, 0.25) is 10.4 Å². The predicted octanol–water partition coefficient (Wildman–Crippen LogP) is 3.92. The van der Waals surface area contributed by atoms with Gasteiger partial charge in [0, 0.05) is 5.92 Å². The van der Waals surface area contributed by atoms with E-state index in [9.17, 15) is 13.0 Å². The summed E-state index contributed by atoms with van der Waals surface area (Å²) in [6.45, 7) is 4.39. The fraction of sp³-hybridized carbons (Fsp3) is 0.909. The topological polar surface area (TPSA) is 66.4 Å². The van der Waals surface area contributed by atoms with Crippen molar-refractivity contribution < 1.29 is 46.7 Å². The van der Waals surface area contributed by atoms with Crippen molar-refractivity contribution in [3.63, 3.8) is 0 Å². The maximum absolute atomic E-state index is 10.7. The van der Waals surface area contributed by atoms with E-state index in [4.69, 9.17) is 0 Å². The van der Waals surface area contributed by atoms with Crippen molar-refractivity contribution in [2.45, 2.75) is 117 Å². The van der Waals surface area contributed by atoms with Crippen LogP contribution in [0.3, 0.4) is 0 Å². The molecule has 162 valence electrons. The largest absolute Gasteiger partial charge is 1.00 e. The van der Waals surface area contributed by atoms with Gasteiger partial charge in [-0.05, 0) is 19.3 Å². The molecular weight excluding hydrogens is 383 g/mol. The molecule has 1 atom stereocenters. The maximum atomic E-state index is 10.7. The van der Waals surface area contributed by atoms with E-state index in [-0.39, 0.29) is 42.1 Å². The van der Waals surface area contributed by atoms with Crippen molar-refractivity contribution in [2.24, 2.45) is 5.92 Å². The second-order valence-corrected chi connectivity index (χ2v) is 8.75. The summed E-state index contributed by atoms with van der Waals surface area (Å²) in [7, 11) is -4.59. The molecule has 0 aromatic carbocycles. The number of hydrogen-bond donors (Lipinski definition) is 0. The summed E-state index contributed by atoms with van der Waals surface area (Å²) >= 11 is 0. The van der Waals surface area contributed by atoms with Crippen LogP contribution in [0, 0.1) is 5.92 Å². The molecule has 0 saturated carbocycles. The molecule has 28 heavy (non-hydrogen) atoms. The molecule has 0 N–H and O–H groups in total. The van der Waals surface area contributed by atoms with Gasteiger partial charge in [0.05, 0.1) is 6.61 Å². The van der Waals surface area contributed by atoms with Gasteiger partial charge in [0.1, 0.15) is 0 Å². The third-order valence-corrected chi connectivity index (χ3v) is 5.41. The van der Waals surface area contributed by atoms with Crippen LogP contribution in [0.15, 0.2) is 12.2 Å². The van der Waals surface area contributed by atoms with Crippen molar-refractivity contribution in [1.29, 1.82) is 0 Å². The third-order valence-electron chi connectivity index (χ3n) is 4.99. The van der Waals surface area contributed by atoms with E-state index in [1.54, 1.807) is 0 Å². The smallest absolute Gasteiger partial charge is 0.726 e. The van der Waals surface area contributed by atoms with E-state index in [1.807, 2.05) is 6.08 Å². The van der Waals surface area contributed by atoms with Crippen LogP contribution in [0.2, 0.25) is 0 Å². The molecule has 0 aromatic rings. The fourth-order valence-corrected chi connectivity index (χ4v) is 3.62. The van der Waals surface area contributed by atoms with Crippen LogP contribution >= 0.6 is 0 Å². The molecule has 0 rings (SSSR count). The van der Waals surface area contributed by atoms with Crippen LogP contribution in [0.5, 0.6) is 0 Å². The minimum absolute atomic E-state index is 0. The SMILES string of the molecule is CCCCCCCCCCCC/C=C/C(CCCCCC)COS(=O)(=O)[O-].[Na+]. The zero-order valence-electron chi connectivity index (χ0n) is 18.8. The van der Waals surface area contributed by atoms with Crippen LogP contribution in [0.25, 0.3) is 0 Å². The first-order valence-electron chi connectivity index (χ1n) is 11.3. The maximum Gasteiger partial charge on any atom is 1.00 e. The Labute approximate surface area is 197 Å². The van der Waals surface area contributed by atoms with Gasteiger partial charge in [-0.1, -0.05) is 109 Å². The minimum atomic E-state index is -4.59. The third kappa shape index (κ3) is 24.6. The van der Waals surface area contributed by atoms with Crippen molar-refractivity contribution in [3.8, 4) is 0 Å². The summed E-state index contributed by atoms with van der Waals surface area (Å²) in [6, 6.07) is 0. The van der Waals surface area contributed by atoms with E-state index in [0.29, 0.717) is 0 Å². The Morgan fingerprint density at radius 3 is 1.75 bits per heavy atom. The molecule has 0 aliphatic rings. The molecule has 0 saturated heterocycles. The molecule has 0 radical (unpaired) electrons. The standard InChI is InChI=1S/C22H44O4S.Na/c1-3-5-7-9-10-11-12-13-14-15-16-18-20-22(19-17-8-6-4-2)21-26-27(23,24)25;/h18,20,22H,3-17,19,21H2,1-2H3,(H,23,24,25);/q;+1/p-1/b20-18+;. The zero-order chi connectivity index (χ0) is 20.2. The Morgan fingerprint density at radius 1 is 0.786 bits per heavy atom. The van der Waals surface area contributed by atoms with Crippen molar-refractivity contribution in [2.75, 3.05) is 6.61 Å². The second-order valence-electron chi connectivity index (χ2n) is 7.70. The summed E-state index contributed by atoms with van der Waals surface area (Å²) in [5.74, 6) is 0.0219. The van der Waals surface area contributed by atoms with E-state index in [1.165, 1.54) is 77.0 Å². The Bertz CT molecular complexity index is 438. The summed E-state index contributed by atoms with van der Waals surface area (Å²) in [5.41, 5.74) is 0. The summed E-state index contributed by atoms with van der Waals surface area (Å²) in [5, 5.41) is 0. The van der Waals surface area contributed by atoms with Crippen molar-refractivity contribution in [3.05, 3.63) is 12.2 Å². The Balaban J connectivity index is 0. The number of allylic oxidation sites excluding steroid dienone is 1. The molecule has 0 aromatic heterocycles.